The first-order valence-electron chi connectivity index (χ1n) is 26.3. The molecule has 384 valence electrons. The number of carbonyl (C=O) groups is 1. The van der Waals surface area contributed by atoms with Crippen LogP contribution in [-0.2, 0) is 23.7 Å². The van der Waals surface area contributed by atoms with Crippen LogP contribution in [0.1, 0.15) is 168 Å². The second-order valence-corrected chi connectivity index (χ2v) is 17.2. The number of hydrogen-bond donors (Lipinski definition) is 4. The van der Waals surface area contributed by atoms with Gasteiger partial charge in [0.1, 0.15) is 30.5 Å². The van der Waals surface area contributed by atoms with Crippen molar-refractivity contribution in [1.82, 2.24) is 0 Å². The summed E-state index contributed by atoms with van der Waals surface area (Å²) in [7, 11) is 0. The molecule has 9 heteroatoms. The summed E-state index contributed by atoms with van der Waals surface area (Å²) in [5.74, 6) is -0.355. The Morgan fingerprint density at radius 1 is 0.471 bits per heavy atom. The topological polar surface area (TPSA) is 135 Å². The van der Waals surface area contributed by atoms with Gasteiger partial charge in [0.25, 0.3) is 0 Å². The fraction of sp³-hybridized carbons (Fsp3) is 0.610. The quantitative estimate of drug-likeness (QED) is 0.0268. The first kappa shape index (κ1) is 62.3. The highest BCUT2D eigenvalue weighted by Crippen LogP contribution is 2.22. The van der Waals surface area contributed by atoms with E-state index in [9.17, 15) is 25.2 Å². The van der Waals surface area contributed by atoms with Gasteiger partial charge in [-0.2, -0.15) is 0 Å². The molecule has 0 aliphatic carbocycles. The summed E-state index contributed by atoms with van der Waals surface area (Å²) >= 11 is 0. The van der Waals surface area contributed by atoms with E-state index in [2.05, 4.69) is 148 Å². The SMILES string of the molecule is CC/C=C\C/C=C\C/C=C\C/C=C\C/C=C\C/C=C\CCCCCCCCCOCC(COC1OC(CO)C(O)C(O)C1O)OC(=O)CCCCC/C=C\C/C=C\C/C=C\C/C=C\C/C=C\CC. The lowest BCUT2D eigenvalue weighted by molar-refractivity contribution is -0.305. The number of ether oxygens (including phenoxy) is 4. The molecule has 1 saturated heterocycles. The van der Waals surface area contributed by atoms with Crippen molar-refractivity contribution in [3.05, 3.63) is 134 Å². The highest BCUT2D eigenvalue weighted by atomic mass is 16.7. The molecule has 0 amide bonds. The zero-order chi connectivity index (χ0) is 49.2. The summed E-state index contributed by atoms with van der Waals surface area (Å²) in [5, 5.41) is 40.3. The van der Waals surface area contributed by atoms with Crippen molar-refractivity contribution >= 4 is 5.97 Å². The van der Waals surface area contributed by atoms with Crippen molar-refractivity contribution in [1.29, 1.82) is 0 Å². The molecule has 1 aliphatic heterocycles. The number of allylic oxidation sites excluding steroid dienone is 22. The average molecular weight is 947 g/mol. The molecule has 68 heavy (non-hydrogen) atoms. The van der Waals surface area contributed by atoms with Crippen LogP contribution < -0.4 is 0 Å². The van der Waals surface area contributed by atoms with E-state index in [1.54, 1.807) is 0 Å². The fourth-order valence-corrected chi connectivity index (χ4v) is 7.05. The van der Waals surface area contributed by atoms with Crippen LogP contribution in [0.25, 0.3) is 0 Å². The molecule has 1 heterocycles. The Morgan fingerprint density at radius 2 is 0.853 bits per heavy atom. The lowest BCUT2D eigenvalue weighted by Crippen LogP contribution is -2.59. The number of aliphatic hydroxyl groups is 4. The zero-order valence-corrected chi connectivity index (χ0v) is 42.3. The lowest BCUT2D eigenvalue weighted by Gasteiger charge is -2.39. The van der Waals surface area contributed by atoms with Crippen LogP contribution in [0.4, 0.5) is 0 Å². The van der Waals surface area contributed by atoms with E-state index in [0.29, 0.717) is 13.0 Å². The van der Waals surface area contributed by atoms with Crippen LogP contribution in [0, 0.1) is 0 Å². The highest BCUT2D eigenvalue weighted by molar-refractivity contribution is 5.69. The largest absolute Gasteiger partial charge is 0.457 e. The minimum absolute atomic E-state index is 0.113. The van der Waals surface area contributed by atoms with Gasteiger partial charge in [0.2, 0.25) is 0 Å². The standard InChI is InChI=1S/C59H94O9/c1-3-5-7-9-11-13-15-17-19-21-23-24-25-26-27-28-29-31-33-35-37-39-41-43-45-47-49-65-51-53(52-66-59-58(64)57(63)56(62)54(50-60)68-59)67-55(61)48-46-44-42-40-38-36-34-32-30-22-20-18-16-14-12-10-8-6-4-2/h5-8,11-14,17-20,23-24,26-27,29-32,36,38,53-54,56-60,62-64H,3-4,9-10,15-16,21-22,25,28,33-35,37,39-52H2,1-2H3/b7-5-,8-6-,13-11-,14-12-,19-17-,20-18-,24-23-,27-26-,31-29-,32-30-,38-36-. The van der Waals surface area contributed by atoms with E-state index in [-0.39, 0.29) is 25.6 Å². The van der Waals surface area contributed by atoms with E-state index in [4.69, 9.17) is 18.9 Å². The number of hydrogen-bond acceptors (Lipinski definition) is 9. The van der Waals surface area contributed by atoms with Crippen molar-refractivity contribution in [3.63, 3.8) is 0 Å². The van der Waals surface area contributed by atoms with Gasteiger partial charge in [-0.25, -0.2) is 0 Å². The van der Waals surface area contributed by atoms with E-state index in [1.807, 2.05) is 0 Å². The number of rotatable bonds is 43. The molecule has 0 radical (unpaired) electrons. The van der Waals surface area contributed by atoms with Gasteiger partial charge in [-0.3, -0.25) is 4.79 Å². The van der Waals surface area contributed by atoms with E-state index in [1.165, 1.54) is 25.7 Å². The smallest absolute Gasteiger partial charge is 0.306 e. The molecule has 0 aromatic heterocycles. The molecule has 1 aliphatic rings. The van der Waals surface area contributed by atoms with Crippen LogP contribution in [0.2, 0.25) is 0 Å². The van der Waals surface area contributed by atoms with E-state index in [0.717, 1.165) is 116 Å². The fourth-order valence-electron chi connectivity index (χ4n) is 7.05. The number of esters is 1. The maximum absolute atomic E-state index is 12.8. The first-order chi connectivity index (χ1) is 33.4. The highest BCUT2D eigenvalue weighted by Gasteiger charge is 2.44. The van der Waals surface area contributed by atoms with E-state index < -0.39 is 43.4 Å². The number of carbonyl (C=O) groups excluding carboxylic acids is 1. The molecular formula is C59H94O9. The molecule has 6 unspecified atom stereocenters. The Kier molecular flexibility index (Phi) is 44.3. The summed E-state index contributed by atoms with van der Waals surface area (Å²) in [6, 6.07) is 0. The molecule has 1 fully saturated rings. The van der Waals surface area contributed by atoms with Crippen LogP contribution in [0.5, 0.6) is 0 Å². The molecule has 0 aromatic carbocycles. The summed E-state index contributed by atoms with van der Waals surface area (Å²) in [5.41, 5.74) is 0. The third-order valence-electron chi connectivity index (χ3n) is 11.1. The monoisotopic (exact) mass is 947 g/mol. The zero-order valence-electron chi connectivity index (χ0n) is 42.3. The molecule has 1 rings (SSSR count). The minimum atomic E-state index is -1.56. The van der Waals surface area contributed by atoms with Gasteiger partial charge >= 0.3 is 5.97 Å². The van der Waals surface area contributed by atoms with Crippen LogP contribution in [0.15, 0.2) is 134 Å². The number of unbranched alkanes of at least 4 members (excludes halogenated alkanes) is 10. The molecule has 0 aromatic rings. The van der Waals surface area contributed by atoms with Crippen LogP contribution >= 0.6 is 0 Å². The Morgan fingerprint density at radius 3 is 1.28 bits per heavy atom. The molecule has 9 nitrogen and oxygen atoms in total. The van der Waals surface area contributed by atoms with Gasteiger partial charge < -0.3 is 39.4 Å². The summed E-state index contributed by atoms with van der Waals surface area (Å²) in [6.45, 7) is 4.23. The van der Waals surface area contributed by atoms with Crippen molar-refractivity contribution in [2.75, 3.05) is 26.4 Å². The van der Waals surface area contributed by atoms with Gasteiger partial charge in [0, 0.05) is 13.0 Å². The molecule has 4 N–H and O–H groups in total. The summed E-state index contributed by atoms with van der Waals surface area (Å²) < 4.78 is 22.9. The van der Waals surface area contributed by atoms with Crippen molar-refractivity contribution in [2.24, 2.45) is 0 Å². The Balaban J connectivity index is 2.25. The lowest BCUT2D eigenvalue weighted by atomic mass is 9.99. The predicted molar refractivity (Wildman–Crippen MR) is 283 cm³/mol. The maximum Gasteiger partial charge on any atom is 0.306 e. The van der Waals surface area contributed by atoms with Gasteiger partial charge in [-0.1, -0.05) is 186 Å². The average Bonchev–Trinajstić information content (AvgIpc) is 3.34. The molecule has 0 bridgehead atoms. The third kappa shape index (κ3) is 38.2. The second-order valence-electron chi connectivity index (χ2n) is 17.2. The molecule has 0 saturated carbocycles. The van der Waals surface area contributed by atoms with Crippen molar-refractivity contribution < 1.29 is 44.2 Å². The molecular weight excluding hydrogens is 853 g/mol. The summed E-state index contributed by atoms with van der Waals surface area (Å²) in [4.78, 5) is 12.8. The third-order valence-corrected chi connectivity index (χ3v) is 11.1. The van der Waals surface area contributed by atoms with Gasteiger partial charge in [-0.15, -0.1) is 0 Å². The molecule has 6 atom stereocenters. The summed E-state index contributed by atoms with van der Waals surface area (Å²) in [6.07, 6.45) is 64.8. The van der Waals surface area contributed by atoms with Crippen LogP contribution in [-0.4, -0.2) is 89.6 Å². The first-order valence-corrected chi connectivity index (χ1v) is 26.3. The molecule has 0 spiro atoms. The normalized spacial score (nSPS) is 20.2. The Hall–Kier alpha value is -3.67. The van der Waals surface area contributed by atoms with Gasteiger partial charge in [-0.05, 0) is 109 Å². The van der Waals surface area contributed by atoms with E-state index >= 15 is 0 Å². The maximum atomic E-state index is 12.8. The Labute approximate surface area is 413 Å². The van der Waals surface area contributed by atoms with Gasteiger partial charge in [0.05, 0.1) is 19.8 Å². The van der Waals surface area contributed by atoms with Gasteiger partial charge in [0.15, 0.2) is 6.29 Å². The minimum Gasteiger partial charge on any atom is -0.457 e. The van der Waals surface area contributed by atoms with Crippen molar-refractivity contribution in [2.45, 2.75) is 205 Å². The second kappa shape index (κ2) is 48.4. The van der Waals surface area contributed by atoms with Crippen molar-refractivity contribution in [3.8, 4) is 0 Å². The predicted octanol–water partition coefficient (Wildman–Crippen LogP) is 13.3. The number of aliphatic hydroxyl groups excluding tert-OH is 4. The van der Waals surface area contributed by atoms with Crippen LogP contribution in [0.3, 0.4) is 0 Å². The Bertz CT molecular complexity index is 1500.